The standard InChI is InChI=1S/C19H20N2O/c1-13-17-14(10-12-20-13)9-11-19(22-17)18(2,3)15-7-5-6-8-16(15)21(19)4/h5-12H,1-4H3. The van der Waals surface area contributed by atoms with Gasteiger partial charge in [-0.2, -0.15) is 0 Å². The Kier molecular flexibility index (Phi) is 2.51. The number of hydrogen-bond acceptors (Lipinski definition) is 3. The number of pyridine rings is 1. The number of fused-ring (bicyclic) bond motifs is 2. The largest absolute Gasteiger partial charge is 0.461 e. The molecule has 112 valence electrons. The summed E-state index contributed by atoms with van der Waals surface area (Å²) in [5, 5.41) is 0. The Hall–Kier alpha value is -2.29. The van der Waals surface area contributed by atoms with Gasteiger partial charge in [-0.3, -0.25) is 4.98 Å². The molecule has 2 aromatic rings. The molecule has 1 aromatic carbocycles. The molecule has 2 aliphatic rings. The first-order valence-electron chi connectivity index (χ1n) is 7.64. The molecular weight excluding hydrogens is 272 g/mol. The fourth-order valence-electron chi connectivity index (χ4n) is 3.83. The van der Waals surface area contributed by atoms with E-state index in [0.29, 0.717) is 0 Å². The van der Waals surface area contributed by atoms with Gasteiger partial charge in [0.25, 0.3) is 0 Å². The van der Waals surface area contributed by atoms with Crippen LogP contribution in [0.25, 0.3) is 6.08 Å². The number of ether oxygens (including phenoxy) is 1. The molecule has 1 atom stereocenters. The Morgan fingerprint density at radius 2 is 1.91 bits per heavy atom. The quantitative estimate of drug-likeness (QED) is 0.736. The van der Waals surface area contributed by atoms with Crippen LogP contribution in [0.2, 0.25) is 0 Å². The number of rotatable bonds is 0. The minimum atomic E-state index is -0.516. The predicted octanol–water partition coefficient (Wildman–Crippen LogP) is 3.92. The van der Waals surface area contributed by atoms with Crippen LogP contribution in [0.3, 0.4) is 0 Å². The maximum absolute atomic E-state index is 6.60. The van der Waals surface area contributed by atoms with Crippen molar-refractivity contribution in [2.75, 3.05) is 11.9 Å². The number of benzene rings is 1. The maximum Gasteiger partial charge on any atom is 0.211 e. The zero-order chi connectivity index (χ0) is 15.5. The van der Waals surface area contributed by atoms with Gasteiger partial charge in [-0.15, -0.1) is 0 Å². The predicted molar refractivity (Wildman–Crippen MR) is 89.2 cm³/mol. The van der Waals surface area contributed by atoms with Gasteiger partial charge in [-0.05, 0) is 50.6 Å². The van der Waals surface area contributed by atoms with E-state index in [1.54, 1.807) is 0 Å². The van der Waals surface area contributed by atoms with Crippen LogP contribution in [0, 0.1) is 6.92 Å². The Morgan fingerprint density at radius 3 is 2.68 bits per heavy atom. The first-order valence-corrected chi connectivity index (χ1v) is 7.64. The van der Waals surface area contributed by atoms with Gasteiger partial charge in [0.2, 0.25) is 5.72 Å². The summed E-state index contributed by atoms with van der Waals surface area (Å²) >= 11 is 0. The van der Waals surface area contributed by atoms with Crippen LogP contribution in [0.5, 0.6) is 5.75 Å². The molecule has 3 nitrogen and oxygen atoms in total. The zero-order valence-corrected chi connectivity index (χ0v) is 13.4. The molecule has 0 bridgehead atoms. The van der Waals surface area contributed by atoms with Crippen LogP contribution >= 0.6 is 0 Å². The zero-order valence-electron chi connectivity index (χ0n) is 13.4. The normalized spacial score (nSPS) is 24.1. The lowest BCUT2D eigenvalue weighted by molar-refractivity contribution is 0.0569. The molecule has 0 fully saturated rings. The summed E-state index contributed by atoms with van der Waals surface area (Å²) in [6.07, 6.45) is 6.19. The molecule has 0 aliphatic carbocycles. The minimum Gasteiger partial charge on any atom is -0.461 e. The molecular formula is C19H20N2O. The summed E-state index contributed by atoms with van der Waals surface area (Å²) in [6.45, 7) is 6.49. The van der Waals surface area contributed by atoms with Gasteiger partial charge in [0.15, 0.2) is 5.75 Å². The van der Waals surface area contributed by atoms with E-state index in [-0.39, 0.29) is 5.41 Å². The summed E-state index contributed by atoms with van der Waals surface area (Å²) in [5.74, 6) is 0.887. The summed E-state index contributed by atoms with van der Waals surface area (Å²) in [4.78, 5) is 6.64. The molecule has 3 heteroatoms. The molecule has 2 aliphatic heterocycles. The van der Waals surface area contributed by atoms with E-state index in [4.69, 9.17) is 4.74 Å². The number of para-hydroxylation sites is 1. The Labute approximate surface area is 131 Å². The number of likely N-dealkylation sites (N-methyl/N-ethyl adjacent to an activating group) is 1. The lowest BCUT2D eigenvalue weighted by Gasteiger charge is -2.46. The topological polar surface area (TPSA) is 25.4 Å². The summed E-state index contributed by atoms with van der Waals surface area (Å²) < 4.78 is 6.60. The van der Waals surface area contributed by atoms with Crippen molar-refractivity contribution in [2.45, 2.75) is 31.9 Å². The van der Waals surface area contributed by atoms with Crippen molar-refractivity contribution < 1.29 is 4.74 Å². The van der Waals surface area contributed by atoms with E-state index in [2.05, 4.69) is 67.2 Å². The Morgan fingerprint density at radius 1 is 1.14 bits per heavy atom. The molecule has 3 heterocycles. The third-order valence-electron chi connectivity index (χ3n) is 5.19. The van der Waals surface area contributed by atoms with Gasteiger partial charge in [-0.1, -0.05) is 18.2 Å². The highest BCUT2D eigenvalue weighted by Gasteiger charge is 2.57. The third kappa shape index (κ3) is 1.43. The minimum absolute atomic E-state index is 0.158. The molecule has 0 amide bonds. The van der Waals surface area contributed by atoms with Crippen LogP contribution in [0.4, 0.5) is 5.69 Å². The highest BCUT2D eigenvalue weighted by molar-refractivity contribution is 5.72. The number of nitrogens with zero attached hydrogens (tertiary/aromatic N) is 2. The van der Waals surface area contributed by atoms with Crippen LogP contribution in [-0.4, -0.2) is 17.8 Å². The van der Waals surface area contributed by atoms with E-state index in [1.807, 2.05) is 19.2 Å². The van der Waals surface area contributed by atoms with Crippen molar-refractivity contribution in [1.29, 1.82) is 0 Å². The fraction of sp³-hybridized carbons (Fsp3) is 0.316. The fourth-order valence-corrected chi connectivity index (χ4v) is 3.83. The second-order valence-electron chi connectivity index (χ2n) is 6.65. The highest BCUT2D eigenvalue weighted by atomic mass is 16.5. The highest BCUT2D eigenvalue weighted by Crippen LogP contribution is 2.54. The van der Waals surface area contributed by atoms with Crippen molar-refractivity contribution in [3.63, 3.8) is 0 Å². The summed E-state index contributed by atoms with van der Waals surface area (Å²) in [7, 11) is 2.11. The average molecular weight is 292 g/mol. The summed E-state index contributed by atoms with van der Waals surface area (Å²) in [6, 6.07) is 10.5. The smallest absolute Gasteiger partial charge is 0.211 e. The molecule has 0 saturated carbocycles. The number of anilines is 1. The first kappa shape index (κ1) is 13.4. The van der Waals surface area contributed by atoms with Gasteiger partial charge in [0.1, 0.15) is 0 Å². The van der Waals surface area contributed by atoms with Gasteiger partial charge in [-0.25, -0.2) is 0 Å². The van der Waals surface area contributed by atoms with Gasteiger partial charge in [0.05, 0.1) is 11.1 Å². The third-order valence-corrected chi connectivity index (χ3v) is 5.19. The lowest BCUT2D eigenvalue weighted by Crippen LogP contribution is -2.58. The molecule has 1 aromatic heterocycles. The summed E-state index contributed by atoms with van der Waals surface area (Å²) in [5.41, 5.74) is 3.89. The second kappa shape index (κ2) is 4.13. The lowest BCUT2D eigenvalue weighted by atomic mass is 9.76. The second-order valence-corrected chi connectivity index (χ2v) is 6.65. The van der Waals surface area contributed by atoms with Crippen molar-refractivity contribution in [1.82, 2.24) is 4.98 Å². The average Bonchev–Trinajstić information content (AvgIpc) is 2.68. The molecule has 0 N–H and O–H groups in total. The van der Waals surface area contributed by atoms with E-state index in [9.17, 15) is 0 Å². The Bertz CT molecular complexity index is 794. The van der Waals surface area contributed by atoms with E-state index < -0.39 is 5.72 Å². The molecule has 4 rings (SSSR count). The van der Waals surface area contributed by atoms with Crippen molar-refractivity contribution in [3.8, 4) is 5.75 Å². The van der Waals surface area contributed by atoms with Gasteiger partial charge >= 0.3 is 0 Å². The number of aryl methyl sites for hydroxylation is 1. The molecule has 1 spiro atoms. The molecule has 0 radical (unpaired) electrons. The molecule has 0 saturated heterocycles. The van der Waals surface area contributed by atoms with Crippen molar-refractivity contribution >= 4 is 11.8 Å². The van der Waals surface area contributed by atoms with E-state index in [1.165, 1.54) is 11.3 Å². The molecule has 22 heavy (non-hydrogen) atoms. The van der Waals surface area contributed by atoms with Crippen LogP contribution in [0.15, 0.2) is 42.6 Å². The Balaban J connectivity index is 1.93. The van der Waals surface area contributed by atoms with E-state index in [0.717, 1.165) is 17.0 Å². The van der Waals surface area contributed by atoms with Crippen molar-refractivity contribution in [3.05, 3.63) is 59.4 Å². The van der Waals surface area contributed by atoms with Crippen molar-refractivity contribution in [2.24, 2.45) is 0 Å². The van der Waals surface area contributed by atoms with E-state index >= 15 is 0 Å². The van der Waals surface area contributed by atoms with Gasteiger partial charge in [0, 0.05) is 24.5 Å². The monoisotopic (exact) mass is 292 g/mol. The van der Waals surface area contributed by atoms with Crippen LogP contribution < -0.4 is 9.64 Å². The van der Waals surface area contributed by atoms with Gasteiger partial charge < -0.3 is 9.64 Å². The maximum atomic E-state index is 6.60. The number of aromatic nitrogens is 1. The number of hydrogen-bond donors (Lipinski definition) is 0. The first-order chi connectivity index (χ1) is 10.5. The van der Waals surface area contributed by atoms with Crippen LogP contribution in [0.1, 0.15) is 30.7 Å². The van der Waals surface area contributed by atoms with Crippen LogP contribution in [-0.2, 0) is 5.41 Å². The SMILES string of the molecule is Cc1nccc2c1OC1(C=C2)N(C)c2ccccc2C1(C)C. The molecule has 1 unspecified atom stereocenters.